The zero-order valence-corrected chi connectivity index (χ0v) is 15.7. The number of benzene rings is 1. The molecule has 5 nitrogen and oxygen atoms in total. The smallest absolute Gasteiger partial charge is 0.224 e. The van der Waals surface area contributed by atoms with E-state index in [0.717, 1.165) is 38.5 Å². The van der Waals surface area contributed by atoms with Gasteiger partial charge in [-0.25, -0.2) is 0 Å². The molecule has 8 heteroatoms. The van der Waals surface area contributed by atoms with Gasteiger partial charge >= 0.3 is 0 Å². The quantitative estimate of drug-likeness (QED) is 0.606. The SMILES string of the molecule is CCSc1nnc(SCC(=O)c2ccc3c(c2)CCCC(=O)N3)s1. The third-order valence-electron chi connectivity index (χ3n) is 3.53. The van der Waals surface area contributed by atoms with Crippen LogP contribution in [0.4, 0.5) is 5.69 Å². The molecule has 24 heavy (non-hydrogen) atoms. The number of Topliss-reactive ketones (excluding diaryl/α,β-unsaturated/α-hetero) is 1. The molecule has 2 heterocycles. The van der Waals surface area contributed by atoms with E-state index in [0.29, 0.717) is 17.7 Å². The maximum Gasteiger partial charge on any atom is 0.224 e. The normalized spacial score (nSPS) is 14.0. The molecular formula is C16H17N3O2S3. The molecule has 0 unspecified atom stereocenters. The van der Waals surface area contributed by atoms with Gasteiger partial charge in [-0.05, 0) is 42.4 Å². The molecule has 0 fully saturated rings. The highest BCUT2D eigenvalue weighted by Gasteiger charge is 2.16. The van der Waals surface area contributed by atoms with Gasteiger partial charge in [-0.3, -0.25) is 9.59 Å². The first-order valence-corrected chi connectivity index (χ1v) is 10.5. The van der Waals surface area contributed by atoms with Gasteiger partial charge in [0.25, 0.3) is 0 Å². The van der Waals surface area contributed by atoms with Crippen LogP contribution in [0.5, 0.6) is 0 Å². The molecule has 0 saturated heterocycles. The summed E-state index contributed by atoms with van der Waals surface area (Å²) in [6.45, 7) is 2.07. The lowest BCUT2D eigenvalue weighted by atomic mass is 10.0. The third-order valence-corrected chi connectivity index (χ3v) is 6.61. The Hall–Kier alpha value is -1.38. The number of carbonyl (C=O) groups excluding carboxylic acids is 2. The number of amides is 1. The Balaban J connectivity index is 1.64. The third kappa shape index (κ3) is 4.37. The summed E-state index contributed by atoms with van der Waals surface area (Å²) in [6, 6.07) is 5.52. The van der Waals surface area contributed by atoms with E-state index in [1.165, 1.54) is 23.1 Å². The van der Waals surface area contributed by atoms with Crippen LogP contribution in [0.25, 0.3) is 0 Å². The lowest BCUT2D eigenvalue weighted by Crippen LogP contribution is -2.10. The summed E-state index contributed by atoms with van der Waals surface area (Å²) in [5.41, 5.74) is 2.55. The molecule has 0 aliphatic carbocycles. The van der Waals surface area contributed by atoms with E-state index in [1.807, 2.05) is 12.1 Å². The molecule has 1 aromatic heterocycles. The predicted octanol–water partition coefficient (Wildman–Crippen LogP) is 3.90. The molecule has 0 radical (unpaired) electrons. The molecule has 1 amide bonds. The van der Waals surface area contributed by atoms with Crippen LogP contribution in [0.15, 0.2) is 26.9 Å². The number of carbonyl (C=O) groups is 2. The molecule has 1 N–H and O–H groups in total. The fraction of sp³-hybridized carbons (Fsp3) is 0.375. The lowest BCUT2D eigenvalue weighted by Gasteiger charge is -2.08. The van der Waals surface area contributed by atoms with E-state index in [9.17, 15) is 9.59 Å². The molecule has 0 saturated carbocycles. The van der Waals surface area contributed by atoms with E-state index < -0.39 is 0 Å². The van der Waals surface area contributed by atoms with Gasteiger partial charge in [0.2, 0.25) is 5.91 Å². The molecule has 1 aliphatic rings. The number of anilines is 1. The van der Waals surface area contributed by atoms with Crippen molar-refractivity contribution in [3.8, 4) is 0 Å². The van der Waals surface area contributed by atoms with Gasteiger partial charge in [-0.15, -0.1) is 10.2 Å². The summed E-state index contributed by atoms with van der Waals surface area (Å²) in [5.74, 6) is 1.42. The lowest BCUT2D eigenvalue weighted by molar-refractivity contribution is -0.116. The first-order chi connectivity index (χ1) is 11.7. The Morgan fingerprint density at radius 2 is 2.04 bits per heavy atom. The van der Waals surface area contributed by atoms with Crippen molar-refractivity contribution in [3.05, 3.63) is 29.3 Å². The fourth-order valence-electron chi connectivity index (χ4n) is 2.40. The zero-order valence-electron chi connectivity index (χ0n) is 13.2. The summed E-state index contributed by atoms with van der Waals surface area (Å²) in [6.07, 6.45) is 2.16. The molecule has 1 aliphatic heterocycles. The van der Waals surface area contributed by atoms with Crippen molar-refractivity contribution in [1.29, 1.82) is 0 Å². The largest absolute Gasteiger partial charge is 0.326 e. The highest BCUT2D eigenvalue weighted by atomic mass is 32.2. The first kappa shape index (κ1) is 17.4. The second-order valence-electron chi connectivity index (χ2n) is 5.25. The summed E-state index contributed by atoms with van der Waals surface area (Å²) >= 11 is 4.61. The fourth-order valence-corrected chi connectivity index (χ4v) is 5.21. The van der Waals surface area contributed by atoms with Gasteiger partial charge in [0.15, 0.2) is 14.5 Å². The van der Waals surface area contributed by atoms with Crippen molar-refractivity contribution in [3.63, 3.8) is 0 Å². The minimum absolute atomic E-state index is 0.0420. The number of hydrogen-bond acceptors (Lipinski definition) is 7. The Morgan fingerprint density at radius 1 is 1.25 bits per heavy atom. The van der Waals surface area contributed by atoms with Gasteiger partial charge in [0.1, 0.15) is 0 Å². The van der Waals surface area contributed by atoms with Crippen LogP contribution < -0.4 is 5.32 Å². The summed E-state index contributed by atoms with van der Waals surface area (Å²) < 4.78 is 1.76. The maximum atomic E-state index is 12.4. The summed E-state index contributed by atoms with van der Waals surface area (Å²) in [4.78, 5) is 24.0. The van der Waals surface area contributed by atoms with E-state index in [4.69, 9.17) is 0 Å². The van der Waals surface area contributed by atoms with Crippen molar-refractivity contribution >= 4 is 52.2 Å². The van der Waals surface area contributed by atoms with Crippen LogP contribution in [0.1, 0.15) is 35.7 Å². The molecular weight excluding hydrogens is 362 g/mol. The average Bonchev–Trinajstić information content (AvgIpc) is 2.93. The van der Waals surface area contributed by atoms with Crippen molar-refractivity contribution in [2.75, 3.05) is 16.8 Å². The van der Waals surface area contributed by atoms with Crippen molar-refractivity contribution in [1.82, 2.24) is 10.2 Å². The van der Waals surface area contributed by atoms with Crippen LogP contribution in [0, 0.1) is 0 Å². The van der Waals surface area contributed by atoms with Gasteiger partial charge in [0, 0.05) is 17.7 Å². The standard InChI is InChI=1S/C16H17N3O2S3/c1-2-22-15-18-19-16(24-15)23-9-13(20)11-6-7-12-10(8-11)4-3-5-14(21)17-12/h6-8H,2-5,9H2,1H3,(H,17,21). The Labute approximate surface area is 153 Å². The van der Waals surface area contributed by atoms with Crippen molar-refractivity contribution < 1.29 is 9.59 Å². The van der Waals surface area contributed by atoms with Crippen LogP contribution in [0.3, 0.4) is 0 Å². The van der Waals surface area contributed by atoms with E-state index in [2.05, 4.69) is 22.4 Å². The second kappa shape index (κ2) is 8.13. The first-order valence-electron chi connectivity index (χ1n) is 7.71. The van der Waals surface area contributed by atoms with Gasteiger partial charge < -0.3 is 5.32 Å². The topological polar surface area (TPSA) is 72.0 Å². The van der Waals surface area contributed by atoms with Crippen molar-refractivity contribution in [2.45, 2.75) is 34.9 Å². The van der Waals surface area contributed by atoms with Crippen LogP contribution in [-0.4, -0.2) is 33.4 Å². The molecule has 0 atom stereocenters. The average molecular weight is 380 g/mol. The van der Waals surface area contributed by atoms with Crippen LogP contribution in [-0.2, 0) is 11.2 Å². The molecule has 2 aromatic rings. The molecule has 0 spiro atoms. The van der Waals surface area contributed by atoms with Gasteiger partial charge in [-0.2, -0.15) is 0 Å². The Morgan fingerprint density at radius 3 is 2.83 bits per heavy atom. The summed E-state index contributed by atoms with van der Waals surface area (Å²) in [5, 5.41) is 11.1. The Bertz CT molecular complexity index is 761. The van der Waals surface area contributed by atoms with Crippen LogP contribution >= 0.6 is 34.9 Å². The number of aryl methyl sites for hydroxylation is 1. The molecule has 126 valence electrons. The number of hydrogen-bond donors (Lipinski definition) is 1. The molecule has 3 rings (SSSR count). The zero-order chi connectivity index (χ0) is 16.9. The number of rotatable bonds is 6. The molecule has 0 bridgehead atoms. The minimum atomic E-state index is 0.0420. The van der Waals surface area contributed by atoms with Gasteiger partial charge in [0.05, 0.1) is 5.75 Å². The Kier molecular flexibility index (Phi) is 5.91. The monoisotopic (exact) mass is 379 g/mol. The highest BCUT2D eigenvalue weighted by molar-refractivity contribution is 8.03. The highest BCUT2D eigenvalue weighted by Crippen LogP contribution is 2.29. The maximum absolute atomic E-state index is 12.4. The second-order valence-corrected chi connectivity index (χ2v) is 8.96. The number of aromatic nitrogens is 2. The van der Waals surface area contributed by atoms with E-state index >= 15 is 0 Å². The van der Waals surface area contributed by atoms with E-state index in [-0.39, 0.29) is 11.7 Å². The van der Waals surface area contributed by atoms with E-state index in [1.54, 1.807) is 17.8 Å². The summed E-state index contributed by atoms with van der Waals surface area (Å²) in [7, 11) is 0. The number of nitrogens with zero attached hydrogens (tertiary/aromatic N) is 2. The number of fused-ring (bicyclic) bond motifs is 1. The van der Waals surface area contributed by atoms with Crippen molar-refractivity contribution in [2.24, 2.45) is 0 Å². The predicted molar refractivity (Wildman–Crippen MR) is 99.4 cm³/mol. The number of ketones is 1. The molecule has 1 aromatic carbocycles. The number of thioether (sulfide) groups is 2. The van der Waals surface area contributed by atoms with Crippen LogP contribution in [0.2, 0.25) is 0 Å². The van der Waals surface area contributed by atoms with Gasteiger partial charge in [-0.1, -0.05) is 41.8 Å². The minimum Gasteiger partial charge on any atom is -0.326 e. The number of nitrogens with one attached hydrogen (secondary N) is 1.